The Balaban J connectivity index is 1.45. The van der Waals surface area contributed by atoms with Gasteiger partial charge >= 0.3 is 0 Å². The van der Waals surface area contributed by atoms with Crippen LogP contribution >= 0.6 is 11.3 Å². The normalized spacial score (nSPS) is 20.2. The lowest BCUT2D eigenvalue weighted by Crippen LogP contribution is -2.56. The lowest BCUT2D eigenvalue weighted by molar-refractivity contribution is -0.138. The molecule has 1 atom stereocenters. The average Bonchev–Trinajstić information content (AvgIpc) is 3.33. The fourth-order valence-electron chi connectivity index (χ4n) is 5.05. The molecule has 5 nitrogen and oxygen atoms in total. The van der Waals surface area contributed by atoms with E-state index in [9.17, 15) is 9.59 Å². The topological polar surface area (TPSA) is 75.4 Å². The Labute approximate surface area is 189 Å². The van der Waals surface area contributed by atoms with E-state index in [2.05, 4.69) is 17.4 Å². The first-order valence-electron chi connectivity index (χ1n) is 11.5. The van der Waals surface area contributed by atoms with Crippen molar-refractivity contribution in [3.05, 3.63) is 58.3 Å². The summed E-state index contributed by atoms with van der Waals surface area (Å²) in [5.74, 6) is 0.114. The van der Waals surface area contributed by atoms with Gasteiger partial charge in [0, 0.05) is 30.4 Å². The largest absolute Gasteiger partial charge is 0.353 e. The standard InChI is InChI=1S/C25H33N3O2S/c26-22(18-21-12-7-17-31-21)23(29)28-15-13-25(14-16-28,19-8-3-1-4-9-19)24(30)27-20-10-5-2-6-11-20/h1,3-4,7-9,12,17,20,22H,2,5-6,10-11,13-16,18,26H2,(H,27,30)/t22-/m0/s1. The number of likely N-dealkylation sites (tertiary alicyclic amines) is 1. The molecule has 0 radical (unpaired) electrons. The van der Waals surface area contributed by atoms with E-state index in [0.29, 0.717) is 32.4 Å². The molecule has 2 fully saturated rings. The number of rotatable bonds is 6. The zero-order chi connectivity index (χ0) is 21.7. The Morgan fingerprint density at radius 1 is 1.06 bits per heavy atom. The highest BCUT2D eigenvalue weighted by Gasteiger charge is 2.44. The van der Waals surface area contributed by atoms with E-state index in [1.807, 2.05) is 40.6 Å². The number of thiophene rings is 1. The minimum atomic E-state index is -0.576. The molecule has 166 valence electrons. The minimum Gasteiger partial charge on any atom is -0.353 e. The van der Waals surface area contributed by atoms with Crippen molar-refractivity contribution in [3.8, 4) is 0 Å². The molecule has 2 amide bonds. The molecule has 4 rings (SSSR count). The first kappa shape index (κ1) is 22.0. The van der Waals surface area contributed by atoms with Gasteiger partial charge in [0.2, 0.25) is 11.8 Å². The van der Waals surface area contributed by atoms with Crippen LogP contribution in [-0.2, 0) is 21.4 Å². The summed E-state index contributed by atoms with van der Waals surface area (Å²) in [6, 6.07) is 13.8. The van der Waals surface area contributed by atoms with Crippen LogP contribution in [0.15, 0.2) is 47.8 Å². The maximum absolute atomic E-state index is 13.6. The highest BCUT2D eigenvalue weighted by molar-refractivity contribution is 7.09. The molecule has 2 heterocycles. The van der Waals surface area contributed by atoms with Crippen LogP contribution in [0.3, 0.4) is 0 Å². The fraction of sp³-hybridized carbons (Fsp3) is 0.520. The molecular weight excluding hydrogens is 406 g/mol. The quantitative estimate of drug-likeness (QED) is 0.722. The fourth-order valence-corrected chi connectivity index (χ4v) is 5.82. The number of amides is 2. The van der Waals surface area contributed by atoms with Gasteiger partial charge < -0.3 is 16.0 Å². The lowest BCUT2D eigenvalue weighted by atomic mass is 9.71. The second-order valence-corrected chi connectivity index (χ2v) is 10.0. The van der Waals surface area contributed by atoms with Gasteiger partial charge in [-0.05, 0) is 42.7 Å². The zero-order valence-electron chi connectivity index (χ0n) is 18.1. The zero-order valence-corrected chi connectivity index (χ0v) is 18.9. The Morgan fingerprint density at radius 3 is 2.42 bits per heavy atom. The van der Waals surface area contributed by atoms with Crippen molar-refractivity contribution in [2.24, 2.45) is 5.73 Å². The smallest absolute Gasteiger partial charge is 0.239 e. The molecular formula is C25H33N3O2S. The Morgan fingerprint density at radius 2 is 1.77 bits per heavy atom. The van der Waals surface area contributed by atoms with E-state index < -0.39 is 11.5 Å². The predicted octanol–water partition coefficient (Wildman–Crippen LogP) is 3.63. The lowest BCUT2D eigenvalue weighted by Gasteiger charge is -2.42. The van der Waals surface area contributed by atoms with E-state index in [4.69, 9.17) is 5.73 Å². The van der Waals surface area contributed by atoms with Crippen LogP contribution in [0.1, 0.15) is 55.4 Å². The van der Waals surface area contributed by atoms with Gasteiger partial charge in [-0.25, -0.2) is 0 Å². The van der Waals surface area contributed by atoms with E-state index in [1.165, 1.54) is 19.3 Å². The molecule has 0 bridgehead atoms. The number of benzene rings is 1. The molecule has 2 aliphatic rings. The number of nitrogens with two attached hydrogens (primary N) is 1. The van der Waals surface area contributed by atoms with E-state index in [1.54, 1.807) is 11.3 Å². The third-order valence-electron chi connectivity index (χ3n) is 6.95. The van der Waals surface area contributed by atoms with Crippen LogP contribution in [0.2, 0.25) is 0 Å². The van der Waals surface area contributed by atoms with Crippen molar-refractivity contribution in [1.29, 1.82) is 0 Å². The summed E-state index contributed by atoms with van der Waals surface area (Å²) in [5, 5.41) is 5.37. The predicted molar refractivity (Wildman–Crippen MR) is 125 cm³/mol. The molecule has 1 aliphatic carbocycles. The Bertz CT molecular complexity index is 854. The first-order chi connectivity index (χ1) is 15.1. The van der Waals surface area contributed by atoms with Crippen molar-refractivity contribution in [2.45, 2.75) is 68.9 Å². The van der Waals surface area contributed by atoms with Crippen molar-refractivity contribution >= 4 is 23.2 Å². The minimum absolute atomic E-state index is 0.0113. The van der Waals surface area contributed by atoms with Gasteiger partial charge in [-0.2, -0.15) is 0 Å². The number of carbonyl (C=O) groups excluding carboxylic acids is 2. The summed E-state index contributed by atoms with van der Waals surface area (Å²) in [4.78, 5) is 29.5. The van der Waals surface area contributed by atoms with E-state index in [0.717, 1.165) is 23.3 Å². The molecule has 1 saturated carbocycles. The maximum atomic E-state index is 13.6. The summed E-state index contributed by atoms with van der Waals surface area (Å²) in [6.07, 6.45) is 7.61. The number of hydrogen-bond donors (Lipinski definition) is 2. The summed E-state index contributed by atoms with van der Waals surface area (Å²) in [6.45, 7) is 1.12. The second kappa shape index (κ2) is 9.96. The third-order valence-corrected chi connectivity index (χ3v) is 7.85. The number of hydrogen-bond acceptors (Lipinski definition) is 4. The van der Waals surface area contributed by atoms with Gasteiger partial charge in [0.05, 0.1) is 11.5 Å². The molecule has 2 aromatic rings. The summed E-state index contributed by atoms with van der Waals surface area (Å²) < 4.78 is 0. The molecule has 1 aromatic heterocycles. The Hall–Kier alpha value is -2.18. The SMILES string of the molecule is N[C@@H](Cc1cccs1)C(=O)N1CCC(C(=O)NC2CCCCC2)(c2ccccc2)CC1. The first-order valence-corrected chi connectivity index (χ1v) is 12.4. The molecule has 0 spiro atoms. The summed E-state index contributed by atoms with van der Waals surface area (Å²) in [5.41, 5.74) is 6.72. The van der Waals surface area contributed by atoms with E-state index >= 15 is 0 Å². The van der Waals surface area contributed by atoms with Crippen molar-refractivity contribution in [1.82, 2.24) is 10.2 Å². The number of carbonyl (C=O) groups is 2. The van der Waals surface area contributed by atoms with Gasteiger partial charge in [-0.3, -0.25) is 9.59 Å². The molecule has 1 aliphatic heterocycles. The van der Waals surface area contributed by atoms with Crippen LogP contribution < -0.4 is 11.1 Å². The third kappa shape index (κ3) is 5.01. The van der Waals surface area contributed by atoms with E-state index in [-0.39, 0.29) is 17.9 Å². The summed E-state index contributed by atoms with van der Waals surface area (Å²) in [7, 11) is 0. The van der Waals surface area contributed by atoms with Gasteiger partial charge in [-0.1, -0.05) is 55.7 Å². The molecule has 0 unspecified atom stereocenters. The van der Waals surface area contributed by atoms with Gasteiger partial charge in [0.15, 0.2) is 0 Å². The number of nitrogens with zero attached hydrogens (tertiary/aromatic N) is 1. The van der Waals surface area contributed by atoms with Crippen molar-refractivity contribution < 1.29 is 9.59 Å². The molecule has 6 heteroatoms. The molecule has 31 heavy (non-hydrogen) atoms. The van der Waals surface area contributed by atoms with Gasteiger partial charge in [0.1, 0.15) is 0 Å². The van der Waals surface area contributed by atoms with Crippen LogP contribution in [0.5, 0.6) is 0 Å². The molecule has 3 N–H and O–H groups in total. The highest BCUT2D eigenvalue weighted by atomic mass is 32.1. The van der Waals surface area contributed by atoms with Crippen LogP contribution in [-0.4, -0.2) is 41.9 Å². The second-order valence-electron chi connectivity index (χ2n) is 8.97. The van der Waals surface area contributed by atoms with Crippen LogP contribution in [0, 0.1) is 0 Å². The maximum Gasteiger partial charge on any atom is 0.239 e. The summed E-state index contributed by atoms with van der Waals surface area (Å²) >= 11 is 1.63. The molecule has 1 saturated heterocycles. The van der Waals surface area contributed by atoms with Gasteiger partial charge in [-0.15, -0.1) is 11.3 Å². The average molecular weight is 440 g/mol. The van der Waals surface area contributed by atoms with Gasteiger partial charge in [0.25, 0.3) is 0 Å². The van der Waals surface area contributed by atoms with Crippen LogP contribution in [0.25, 0.3) is 0 Å². The number of piperidine rings is 1. The molecule has 1 aromatic carbocycles. The highest BCUT2D eigenvalue weighted by Crippen LogP contribution is 2.37. The van der Waals surface area contributed by atoms with Crippen molar-refractivity contribution in [2.75, 3.05) is 13.1 Å². The Kier molecular flexibility index (Phi) is 7.08. The van der Waals surface area contributed by atoms with Crippen molar-refractivity contribution in [3.63, 3.8) is 0 Å². The van der Waals surface area contributed by atoms with Crippen LogP contribution in [0.4, 0.5) is 0 Å². The monoisotopic (exact) mass is 439 g/mol. The number of nitrogens with one attached hydrogen (secondary N) is 1.